The van der Waals surface area contributed by atoms with E-state index in [0.29, 0.717) is 26.3 Å². The molecule has 0 aliphatic carbocycles. The second kappa shape index (κ2) is 7.49. The number of ether oxygens (including phenoxy) is 1. The molecule has 2 aromatic rings. The molecule has 0 spiro atoms. The Morgan fingerprint density at radius 2 is 2.08 bits per heavy atom. The minimum atomic E-state index is 0.0855. The Labute approximate surface area is 142 Å². The highest BCUT2D eigenvalue weighted by atomic mass is 16.5. The zero-order valence-electron chi connectivity index (χ0n) is 14.3. The Balaban J connectivity index is 1.54. The van der Waals surface area contributed by atoms with Crippen LogP contribution in [0.25, 0.3) is 0 Å². The summed E-state index contributed by atoms with van der Waals surface area (Å²) < 4.78 is 6.95. The lowest BCUT2D eigenvalue weighted by atomic mass is 10.1. The van der Waals surface area contributed by atoms with Gasteiger partial charge in [0.2, 0.25) is 5.91 Å². The van der Waals surface area contributed by atoms with Gasteiger partial charge >= 0.3 is 0 Å². The van der Waals surface area contributed by atoms with Crippen molar-refractivity contribution < 1.29 is 9.53 Å². The van der Waals surface area contributed by atoms with Gasteiger partial charge in [0, 0.05) is 25.8 Å². The molecule has 1 aromatic carbocycles. The van der Waals surface area contributed by atoms with Crippen molar-refractivity contribution in [3.05, 3.63) is 47.3 Å². The first-order valence-electron chi connectivity index (χ1n) is 8.30. The predicted molar refractivity (Wildman–Crippen MR) is 92.9 cm³/mol. The van der Waals surface area contributed by atoms with Crippen LogP contribution in [0.3, 0.4) is 0 Å². The van der Waals surface area contributed by atoms with Crippen LogP contribution in [0.5, 0.6) is 0 Å². The fourth-order valence-corrected chi connectivity index (χ4v) is 2.83. The molecule has 0 unspecified atom stereocenters. The summed E-state index contributed by atoms with van der Waals surface area (Å²) in [6.45, 7) is 7.80. The Kier molecular flexibility index (Phi) is 5.15. The van der Waals surface area contributed by atoms with Gasteiger partial charge in [-0.05, 0) is 25.0 Å². The van der Waals surface area contributed by atoms with Gasteiger partial charge in [-0.25, -0.2) is 0 Å². The van der Waals surface area contributed by atoms with Crippen LogP contribution in [0.2, 0.25) is 0 Å². The molecule has 6 heteroatoms. The highest BCUT2D eigenvalue weighted by molar-refractivity contribution is 5.76. The number of benzene rings is 1. The molecule has 0 radical (unpaired) electrons. The van der Waals surface area contributed by atoms with Crippen molar-refractivity contribution in [2.75, 3.05) is 31.6 Å². The molecule has 128 valence electrons. The van der Waals surface area contributed by atoms with Crippen molar-refractivity contribution in [3.63, 3.8) is 0 Å². The second-order valence-corrected chi connectivity index (χ2v) is 6.20. The molecular formula is C18H24N4O2. The number of carbonyl (C=O) groups excluding carboxylic acids is 1. The van der Waals surface area contributed by atoms with Crippen LogP contribution >= 0.6 is 0 Å². The van der Waals surface area contributed by atoms with Crippen molar-refractivity contribution in [1.82, 2.24) is 14.7 Å². The van der Waals surface area contributed by atoms with E-state index in [0.717, 1.165) is 12.2 Å². The number of anilines is 1. The summed E-state index contributed by atoms with van der Waals surface area (Å²) >= 11 is 0. The third-order valence-corrected chi connectivity index (χ3v) is 4.28. The molecule has 1 aromatic heterocycles. The van der Waals surface area contributed by atoms with Gasteiger partial charge < -0.3 is 15.0 Å². The standard InChI is InChI=1S/C18H24N4O2/c1-14-3-4-16(15(2)9-14)10-19-17-11-20-22(12-17)13-18(23)21-5-7-24-8-6-21/h3-4,9,11-12,19H,5-8,10,13H2,1-2H3. The molecule has 0 bridgehead atoms. The maximum Gasteiger partial charge on any atom is 0.244 e. The van der Waals surface area contributed by atoms with Gasteiger partial charge in [0.15, 0.2) is 0 Å². The van der Waals surface area contributed by atoms with E-state index in [-0.39, 0.29) is 12.5 Å². The van der Waals surface area contributed by atoms with Gasteiger partial charge in [-0.15, -0.1) is 0 Å². The Hall–Kier alpha value is -2.34. The maximum absolute atomic E-state index is 12.2. The molecule has 1 saturated heterocycles. The van der Waals surface area contributed by atoms with Crippen molar-refractivity contribution in [2.24, 2.45) is 0 Å². The average molecular weight is 328 g/mol. The monoisotopic (exact) mass is 328 g/mol. The third kappa shape index (κ3) is 4.14. The van der Waals surface area contributed by atoms with E-state index in [2.05, 4.69) is 42.5 Å². The van der Waals surface area contributed by atoms with E-state index in [4.69, 9.17) is 4.74 Å². The molecule has 0 saturated carbocycles. The van der Waals surface area contributed by atoms with Crippen LogP contribution in [-0.4, -0.2) is 46.9 Å². The van der Waals surface area contributed by atoms with E-state index in [9.17, 15) is 4.79 Å². The first-order valence-corrected chi connectivity index (χ1v) is 8.30. The second-order valence-electron chi connectivity index (χ2n) is 6.20. The van der Waals surface area contributed by atoms with E-state index < -0.39 is 0 Å². The minimum absolute atomic E-state index is 0.0855. The van der Waals surface area contributed by atoms with Crippen LogP contribution in [0, 0.1) is 13.8 Å². The molecule has 1 aliphatic rings. The van der Waals surface area contributed by atoms with Gasteiger partial charge in [0.05, 0.1) is 25.1 Å². The number of rotatable bonds is 5. The quantitative estimate of drug-likeness (QED) is 0.912. The largest absolute Gasteiger partial charge is 0.378 e. The van der Waals surface area contributed by atoms with E-state index >= 15 is 0 Å². The normalized spacial score (nSPS) is 14.7. The lowest BCUT2D eigenvalue weighted by Gasteiger charge is -2.26. The molecule has 1 amide bonds. The van der Waals surface area contributed by atoms with E-state index in [1.165, 1.54) is 16.7 Å². The average Bonchev–Trinajstić information content (AvgIpc) is 3.02. The number of nitrogens with zero attached hydrogens (tertiary/aromatic N) is 3. The number of morpholine rings is 1. The zero-order chi connectivity index (χ0) is 16.9. The fourth-order valence-electron chi connectivity index (χ4n) is 2.83. The Morgan fingerprint density at radius 1 is 1.29 bits per heavy atom. The van der Waals surface area contributed by atoms with Gasteiger partial charge in [0.1, 0.15) is 6.54 Å². The molecular weight excluding hydrogens is 304 g/mol. The molecule has 3 rings (SSSR count). The molecule has 1 N–H and O–H groups in total. The summed E-state index contributed by atoms with van der Waals surface area (Å²) in [4.78, 5) is 14.0. The van der Waals surface area contributed by atoms with Crippen molar-refractivity contribution in [1.29, 1.82) is 0 Å². The molecule has 6 nitrogen and oxygen atoms in total. The number of amides is 1. The van der Waals surface area contributed by atoms with E-state index in [1.807, 2.05) is 11.1 Å². The van der Waals surface area contributed by atoms with Crippen LogP contribution in [0.4, 0.5) is 5.69 Å². The van der Waals surface area contributed by atoms with E-state index in [1.54, 1.807) is 10.9 Å². The number of aromatic nitrogens is 2. The summed E-state index contributed by atoms with van der Waals surface area (Å²) in [5, 5.41) is 7.64. The van der Waals surface area contributed by atoms with Crippen LogP contribution in [0.1, 0.15) is 16.7 Å². The smallest absolute Gasteiger partial charge is 0.244 e. The Bertz CT molecular complexity index is 705. The number of hydrogen-bond acceptors (Lipinski definition) is 4. The highest BCUT2D eigenvalue weighted by Gasteiger charge is 2.17. The predicted octanol–water partition coefficient (Wildman–Crippen LogP) is 1.97. The molecule has 2 heterocycles. The maximum atomic E-state index is 12.2. The van der Waals surface area contributed by atoms with Gasteiger partial charge in [-0.2, -0.15) is 5.10 Å². The molecule has 24 heavy (non-hydrogen) atoms. The summed E-state index contributed by atoms with van der Waals surface area (Å²) in [6.07, 6.45) is 3.64. The number of hydrogen-bond donors (Lipinski definition) is 1. The lowest BCUT2D eigenvalue weighted by Crippen LogP contribution is -2.42. The Morgan fingerprint density at radius 3 is 2.83 bits per heavy atom. The molecule has 1 fully saturated rings. The SMILES string of the molecule is Cc1ccc(CNc2cnn(CC(=O)N3CCOCC3)c2)c(C)c1. The van der Waals surface area contributed by atoms with Gasteiger partial charge in [-0.3, -0.25) is 9.48 Å². The van der Waals surface area contributed by atoms with Crippen molar-refractivity contribution >= 4 is 11.6 Å². The van der Waals surface area contributed by atoms with Crippen LogP contribution < -0.4 is 5.32 Å². The first-order chi connectivity index (χ1) is 11.6. The first kappa shape index (κ1) is 16.5. The fraction of sp³-hybridized carbons (Fsp3) is 0.444. The third-order valence-electron chi connectivity index (χ3n) is 4.28. The van der Waals surface area contributed by atoms with Crippen molar-refractivity contribution in [3.8, 4) is 0 Å². The van der Waals surface area contributed by atoms with Crippen LogP contribution in [0.15, 0.2) is 30.6 Å². The number of aryl methyl sites for hydroxylation is 2. The lowest BCUT2D eigenvalue weighted by molar-refractivity contribution is -0.136. The summed E-state index contributed by atoms with van der Waals surface area (Å²) in [5.74, 6) is 0.0855. The van der Waals surface area contributed by atoms with Crippen molar-refractivity contribution in [2.45, 2.75) is 26.9 Å². The minimum Gasteiger partial charge on any atom is -0.378 e. The summed E-state index contributed by atoms with van der Waals surface area (Å²) in [7, 11) is 0. The topological polar surface area (TPSA) is 59.4 Å². The summed E-state index contributed by atoms with van der Waals surface area (Å²) in [6, 6.07) is 6.44. The van der Waals surface area contributed by atoms with Crippen LogP contribution in [-0.2, 0) is 22.6 Å². The number of carbonyl (C=O) groups is 1. The van der Waals surface area contributed by atoms with Gasteiger partial charge in [0.25, 0.3) is 0 Å². The number of nitrogens with one attached hydrogen (secondary N) is 1. The molecule has 1 aliphatic heterocycles. The van der Waals surface area contributed by atoms with Gasteiger partial charge in [-0.1, -0.05) is 23.8 Å². The molecule has 0 atom stereocenters. The zero-order valence-corrected chi connectivity index (χ0v) is 14.3. The summed E-state index contributed by atoms with van der Waals surface area (Å²) in [5.41, 5.74) is 4.73. The highest BCUT2D eigenvalue weighted by Crippen LogP contribution is 2.13.